The molecule has 0 saturated carbocycles. The summed E-state index contributed by atoms with van der Waals surface area (Å²) in [7, 11) is 0. The molecule has 0 aliphatic heterocycles. The highest BCUT2D eigenvalue weighted by Gasteiger charge is 2.37. The van der Waals surface area contributed by atoms with E-state index in [1.807, 2.05) is 5.32 Å². The van der Waals surface area contributed by atoms with Crippen LogP contribution in [0.25, 0.3) is 0 Å². The Hall–Kier alpha value is -2.75. The van der Waals surface area contributed by atoms with Gasteiger partial charge >= 0.3 is 18.4 Å². The maximum Gasteiger partial charge on any atom is 0.416 e. The molecular formula is C18H16F6N2O2. The van der Waals surface area contributed by atoms with E-state index in [1.165, 1.54) is 0 Å². The van der Waals surface area contributed by atoms with Gasteiger partial charge < -0.3 is 15.7 Å². The molecule has 28 heavy (non-hydrogen) atoms. The summed E-state index contributed by atoms with van der Waals surface area (Å²) < 4.78 is 77.1. The van der Waals surface area contributed by atoms with Crippen molar-refractivity contribution in [3.05, 3.63) is 65.2 Å². The summed E-state index contributed by atoms with van der Waals surface area (Å²) in [5, 5.41) is 13.6. The van der Waals surface area contributed by atoms with Crippen LogP contribution in [0.4, 0.5) is 36.8 Å². The number of hydrogen-bond acceptors (Lipinski definition) is 2. The molecule has 4 nitrogen and oxygen atoms in total. The van der Waals surface area contributed by atoms with E-state index >= 15 is 0 Å². The van der Waals surface area contributed by atoms with Crippen molar-refractivity contribution in [2.75, 3.05) is 11.9 Å². The van der Waals surface area contributed by atoms with Gasteiger partial charge in [-0.05, 0) is 30.2 Å². The van der Waals surface area contributed by atoms with Crippen LogP contribution in [0.5, 0.6) is 0 Å². The highest BCUT2D eigenvalue weighted by molar-refractivity contribution is 5.89. The van der Waals surface area contributed by atoms with E-state index in [2.05, 4.69) is 5.32 Å². The number of halogens is 6. The third-order valence-electron chi connectivity index (χ3n) is 3.73. The minimum absolute atomic E-state index is 0.0327. The molecular weight excluding hydrogens is 390 g/mol. The fourth-order valence-electron chi connectivity index (χ4n) is 2.44. The molecule has 0 aliphatic rings. The number of carbonyl (C=O) groups is 1. The summed E-state index contributed by atoms with van der Waals surface area (Å²) in [4.78, 5) is 12.0. The fourth-order valence-corrected chi connectivity index (χ4v) is 2.44. The van der Waals surface area contributed by atoms with Crippen LogP contribution < -0.4 is 10.6 Å². The molecule has 0 spiro atoms. The second-order valence-electron chi connectivity index (χ2n) is 5.96. The topological polar surface area (TPSA) is 61.4 Å². The van der Waals surface area contributed by atoms with Gasteiger partial charge in [0.05, 0.1) is 23.8 Å². The van der Waals surface area contributed by atoms with Gasteiger partial charge in [-0.2, -0.15) is 26.3 Å². The molecule has 2 aromatic rings. The molecule has 2 aromatic carbocycles. The molecule has 0 bridgehead atoms. The van der Waals surface area contributed by atoms with Gasteiger partial charge in [0.25, 0.3) is 0 Å². The number of nitrogens with one attached hydrogen (secondary N) is 2. The number of rotatable bonds is 5. The third kappa shape index (κ3) is 6.15. The Balaban J connectivity index is 2.15. The Morgan fingerprint density at radius 1 is 0.929 bits per heavy atom. The zero-order chi connectivity index (χ0) is 20.9. The Bertz CT molecular complexity index is 774. The first-order valence-corrected chi connectivity index (χ1v) is 8.01. The van der Waals surface area contributed by atoms with Crippen LogP contribution in [0.3, 0.4) is 0 Å². The Morgan fingerprint density at radius 2 is 1.46 bits per heavy atom. The van der Waals surface area contributed by atoms with Gasteiger partial charge in [0, 0.05) is 5.69 Å². The van der Waals surface area contributed by atoms with E-state index in [-0.39, 0.29) is 12.5 Å². The summed E-state index contributed by atoms with van der Waals surface area (Å²) in [5.74, 6) is 0. The molecule has 0 radical (unpaired) electrons. The van der Waals surface area contributed by atoms with Gasteiger partial charge in [-0.3, -0.25) is 0 Å². The summed E-state index contributed by atoms with van der Waals surface area (Å²) in [6.45, 7) is -0.474. The molecule has 0 aliphatic carbocycles. The molecule has 0 fully saturated rings. The zero-order valence-electron chi connectivity index (χ0n) is 14.2. The highest BCUT2D eigenvalue weighted by atomic mass is 19.4. The van der Waals surface area contributed by atoms with Gasteiger partial charge in [-0.1, -0.05) is 30.3 Å². The number of alkyl halides is 6. The van der Waals surface area contributed by atoms with Crippen molar-refractivity contribution in [2.24, 2.45) is 0 Å². The van der Waals surface area contributed by atoms with Crippen molar-refractivity contribution >= 4 is 11.7 Å². The molecule has 1 atom stereocenters. The first-order chi connectivity index (χ1) is 13.0. The summed E-state index contributed by atoms with van der Waals surface area (Å²) in [6.07, 6.45) is -9.81. The lowest BCUT2D eigenvalue weighted by molar-refractivity contribution is -0.143. The van der Waals surface area contributed by atoms with Crippen molar-refractivity contribution in [1.82, 2.24) is 5.32 Å². The van der Waals surface area contributed by atoms with Gasteiger partial charge in [0.1, 0.15) is 0 Å². The average Bonchev–Trinajstić information content (AvgIpc) is 2.60. The number of carbonyl (C=O) groups excluding carboxylic acids is 1. The van der Waals surface area contributed by atoms with Crippen molar-refractivity contribution in [3.8, 4) is 0 Å². The van der Waals surface area contributed by atoms with Crippen molar-refractivity contribution in [3.63, 3.8) is 0 Å². The largest absolute Gasteiger partial charge is 0.416 e. The van der Waals surface area contributed by atoms with Gasteiger partial charge in [-0.25, -0.2) is 4.79 Å². The van der Waals surface area contributed by atoms with Gasteiger partial charge in [-0.15, -0.1) is 0 Å². The third-order valence-corrected chi connectivity index (χ3v) is 3.73. The molecule has 152 valence electrons. The van der Waals surface area contributed by atoms with Gasteiger partial charge in [0.15, 0.2) is 0 Å². The Kier molecular flexibility index (Phi) is 6.55. The monoisotopic (exact) mass is 406 g/mol. The summed E-state index contributed by atoms with van der Waals surface area (Å²) in [6, 6.07) is 7.68. The van der Waals surface area contributed by atoms with Crippen LogP contribution in [-0.4, -0.2) is 23.8 Å². The first-order valence-electron chi connectivity index (χ1n) is 8.01. The molecule has 2 rings (SSSR count). The minimum Gasteiger partial charge on any atom is -0.394 e. The van der Waals surface area contributed by atoms with Crippen LogP contribution in [0.15, 0.2) is 48.5 Å². The first kappa shape index (κ1) is 21.5. The molecule has 0 heterocycles. The van der Waals surface area contributed by atoms with E-state index in [1.54, 1.807) is 30.3 Å². The lowest BCUT2D eigenvalue weighted by atomic mass is 10.1. The maximum absolute atomic E-state index is 12.9. The molecule has 3 N–H and O–H groups in total. The molecule has 0 saturated heterocycles. The zero-order valence-corrected chi connectivity index (χ0v) is 14.2. The number of benzene rings is 2. The van der Waals surface area contributed by atoms with E-state index in [0.717, 1.165) is 5.56 Å². The van der Waals surface area contributed by atoms with Crippen molar-refractivity contribution < 1.29 is 36.2 Å². The average molecular weight is 406 g/mol. The number of aliphatic hydroxyl groups excluding tert-OH is 1. The summed E-state index contributed by atoms with van der Waals surface area (Å²) >= 11 is 0. The standard InChI is InChI=1S/C18H16F6N2O2/c19-17(20,21)12-7-13(18(22,23)24)9-14(8-12)25-16(28)26-15(10-27)6-11-4-2-1-3-5-11/h1-5,7-9,15,27H,6,10H2,(H2,25,26,28). The van der Waals surface area contributed by atoms with Crippen LogP contribution in [0.1, 0.15) is 16.7 Å². The molecule has 1 unspecified atom stereocenters. The SMILES string of the molecule is O=C(Nc1cc(C(F)(F)F)cc(C(F)(F)F)c1)NC(CO)Cc1ccccc1. The van der Waals surface area contributed by atoms with E-state index in [9.17, 15) is 36.2 Å². The number of amides is 2. The van der Waals surface area contributed by atoms with Crippen LogP contribution in [0, 0.1) is 0 Å². The van der Waals surface area contributed by atoms with Crippen LogP contribution in [-0.2, 0) is 18.8 Å². The fraction of sp³-hybridized carbons (Fsp3) is 0.278. The van der Waals surface area contributed by atoms with Crippen LogP contribution in [0.2, 0.25) is 0 Å². The van der Waals surface area contributed by atoms with Crippen molar-refractivity contribution in [1.29, 1.82) is 0 Å². The van der Waals surface area contributed by atoms with E-state index in [4.69, 9.17) is 0 Å². The molecule has 2 amide bonds. The van der Waals surface area contributed by atoms with E-state index < -0.39 is 47.8 Å². The van der Waals surface area contributed by atoms with Crippen LogP contribution >= 0.6 is 0 Å². The van der Waals surface area contributed by atoms with E-state index in [0.29, 0.717) is 12.1 Å². The number of aliphatic hydroxyl groups is 1. The van der Waals surface area contributed by atoms with Gasteiger partial charge in [0.2, 0.25) is 0 Å². The maximum atomic E-state index is 12.9. The highest BCUT2D eigenvalue weighted by Crippen LogP contribution is 2.37. The number of hydrogen-bond donors (Lipinski definition) is 3. The second-order valence-corrected chi connectivity index (χ2v) is 5.96. The smallest absolute Gasteiger partial charge is 0.394 e. The normalized spacial score (nSPS) is 13.1. The number of anilines is 1. The van der Waals surface area contributed by atoms with Crippen molar-refractivity contribution in [2.45, 2.75) is 24.8 Å². The molecule has 0 aromatic heterocycles. The Labute approximate surface area is 156 Å². The lowest BCUT2D eigenvalue weighted by Gasteiger charge is -2.18. The second kappa shape index (κ2) is 8.51. The minimum atomic E-state index is -5.02. The molecule has 10 heteroatoms. The predicted octanol–water partition coefficient (Wildman–Crippen LogP) is 4.45. The lowest BCUT2D eigenvalue weighted by Crippen LogP contribution is -2.41. The predicted molar refractivity (Wildman–Crippen MR) is 89.6 cm³/mol. The number of urea groups is 1. The quantitative estimate of drug-likeness (QED) is 0.643. The summed E-state index contributed by atoms with van der Waals surface area (Å²) in [5.41, 5.74) is -2.97. The Morgan fingerprint density at radius 3 is 1.93 bits per heavy atom.